The van der Waals surface area contributed by atoms with E-state index in [0.29, 0.717) is 49.0 Å². The van der Waals surface area contributed by atoms with Crippen molar-refractivity contribution >= 4 is 23.3 Å². The summed E-state index contributed by atoms with van der Waals surface area (Å²) in [5, 5.41) is 18.3. The quantitative estimate of drug-likeness (QED) is 0.670. The molecule has 0 bridgehead atoms. The largest absolute Gasteiger partial charge is 0.506 e. The van der Waals surface area contributed by atoms with Crippen LogP contribution in [-0.2, 0) is 9.59 Å². The summed E-state index contributed by atoms with van der Waals surface area (Å²) in [7, 11) is 3.48. The van der Waals surface area contributed by atoms with E-state index in [1.54, 1.807) is 48.3 Å². The monoisotopic (exact) mass is 478 g/mol. The average Bonchev–Trinajstić information content (AvgIpc) is 3.56. The van der Waals surface area contributed by atoms with Gasteiger partial charge in [-0.25, -0.2) is 9.97 Å². The lowest BCUT2D eigenvalue weighted by molar-refractivity contribution is -0.133. The van der Waals surface area contributed by atoms with Crippen LogP contribution in [0.15, 0.2) is 30.6 Å². The molecule has 1 saturated carbocycles. The molecule has 2 amide bonds. The Morgan fingerprint density at radius 3 is 2.60 bits per heavy atom. The van der Waals surface area contributed by atoms with Crippen molar-refractivity contribution in [2.24, 2.45) is 11.8 Å². The topological polar surface area (TPSA) is 123 Å². The first-order valence-corrected chi connectivity index (χ1v) is 11.8. The fraction of sp³-hybridized carbons (Fsp3) is 0.480. The maximum absolute atomic E-state index is 11.9. The maximum Gasteiger partial charge on any atom is 0.228 e. The summed E-state index contributed by atoms with van der Waals surface area (Å²) in [6, 6.07) is 7.12. The van der Waals surface area contributed by atoms with E-state index in [0.717, 1.165) is 18.9 Å². The molecule has 0 radical (unpaired) electrons. The number of carbonyl (C=O) groups excluding carboxylic acids is 2. The van der Waals surface area contributed by atoms with E-state index in [1.807, 2.05) is 4.90 Å². The standard InChI is InChI=1S/C16H19N5O2.C9H11NO2/c1-19(2)16(23)12-9-20(10-12)15-11(7-17)6-13(8-18-15)21-5-3-4-14(21)22;11-8-3-4-9(10-5-8)12-6-7-1-2-7/h6,8,12H,3-5,9-10H2,1-2H3;3-5,7,11H,1-2,6H2. The Balaban J connectivity index is 0.000000201. The van der Waals surface area contributed by atoms with Gasteiger partial charge in [-0.2, -0.15) is 5.26 Å². The highest BCUT2D eigenvalue weighted by Gasteiger charge is 2.35. The minimum Gasteiger partial charge on any atom is -0.506 e. The van der Waals surface area contributed by atoms with E-state index < -0.39 is 0 Å². The van der Waals surface area contributed by atoms with E-state index in [2.05, 4.69) is 16.0 Å². The first-order chi connectivity index (χ1) is 16.9. The first-order valence-electron chi connectivity index (χ1n) is 11.8. The molecule has 1 N–H and O–H groups in total. The lowest BCUT2D eigenvalue weighted by atomic mass is 9.98. The summed E-state index contributed by atoms with van der Waals surface area (Å²) < 4.78 is 5.36. The van der Waals surface area contributed by atoms with Crippen LogP contribution < -0.4 is 14.5 Å². The zero-order valence-electron chi connectivity index (χ0n) is 20.1. The smallest absolute Gasteiger partial charge is 0.228 e. The molecule has 5 rings (SSSR count). The number of amides is 2. The zero-order valence-corrected chi connectivity index (χ0v) is 20.1. The molecule has 2 saturated heterocycles. The summed E-state index contributed by atoms with van der Waals surface area (Å²) in [5.41, 5.74) is 1.12. The van der Waals surface area contributed by atoms with Gasteiger partial charge in [-0.3, -0.25) is 9.59 Å². The minimum atomic E-state index is -0.0434. The predicted octanol–water partition coefficient (Wildman–Crippen LogP) is 2.18. The molecule has 2 aromatic heterocycles. The third-order valence-corrected chi connectivity index (χ3v) is 6.21. The Hall–Kier alpha value is -3.87. The summed E-state index contributed by atoms with van der Waals surface area (Å²) in [4.78, 5) is 37.2. The van der Waals surface area contributed by atoms with Crippen LogP contribution in [0.4, 0.5) is 11.5 Å². The molecule has 184 valence electrons. The Kier molecular flexibility index (Phi) is 7.34. The van der Waals surface area contributed by atoms with Gasteiger partial charge in [-0.1, -0.05) is 0 Å². The van der Waals surface area contributed by atoms with Crippen LogP contribution in [0.3, 0.4) is 0 Å². The number of pyridine rings is 2. The van der Waals surface area contributed by atoms with Crippen molar-refractivity contribution in [2.75, 3.05) is 50.1 Å². The van der Waals surface area contributed by atoms with Gasteiger partial charge in [-0.05, 0) is 37.3 Å². The number of rotatable bonds is 6. The van der Waals surface area contributed by atoms with Gasteiger partial charge in [0.2, 0.25) is 17.7 Å². The number of anilines is 2. The third kappa shape index (κ3) is 5.98. The highest BCUT2D eigenvalue weighted by Crippen LogP contribution is 2.31. The van der Waals surface area contributed by atoms with E-state index in [9.17, 15) is 14.9 Å². The van der Waals surface area contributed by atoms with Crippen LogP contribution >= 0.6 is 0 Å². The van der Waals surface area contributed by atoms with Crippen molar-refractivity contribution in [1.82, 2.24) is 14.9 Å². The number of nitrogens with zero attached hydrogens (tertiary/aromatic N) is 6. The number of aromatic hydroxyl groups is 1. The Labute approximate surface area is 204 Å². The van der Waals surface area contributed by atoms with Gasteiger partial charge in [0.05, 0.1) is 36.2 Å². The summed E-state index contributed by atoms with van der Waals surface area (Å²) in [6.45, 7) is 2.58. The molecule has 35 heavy (non-hydrogen) atoms. The zero-order chi connectivity index (χ0) is 24.9. The number of nitriles is 1. The molecule has 4 heterocycles. The lowest BCUT2D eigenvalue weighted by Crippen LogP contribution is -2.54. The fourth-order valence-electron chi connectivity index (χ4n) is 3.97. The van der Waals surface area contributed by atoms with Gasteiger partial charge in [0, 0.05) is 46.2 Å². The van der Waals surface area contributed by atoms with Gasteiger partial charge in [0.25, 0.3) is 0 Å². The van der Waals surface area contributed by atoms with Gasteiger partial charge in [0.15, 0.2) is 0 Å². The van der Waals surface area contributed by atoms with E-state index in [1.165, 1.54) is 19.0 Å². The second-order valence-corrected chi connectivity index (χ2v) is 9.27. The van der Waals surface area contributed by atoms with Gasteiger partial charge < -0.3 is 24.5 Å². The molecule has 3 fully saturated rings. The number of aromatic nitrogens is 2. The van der Waals surface area contributed by atoms with E-state index in [-0.39, 0.29) is 23.5 Å². The molecular weight excluding hydrogens is 448 g/mol. The summed E-state index contributed by atoms with van der Waals surface area (Å²) >= 11 is 0. The number of ether oxygens (including phenoxy) is 1. The summed E-state index contributed by atoms with van der Waals surface area (Å²) in [5.74, 6) is 2.22. The Morgan fingerprint density at radius 1 is 1.26 bits per heavy atom. The van der Waals surface area contributed by atoms with Crippen LogP contribution in [0.5, 0.6) is 11.6 Å². The normalized spacial score (nSPS) is 17.2. The average molecular weight is 479 g/mol. The van der Waals surface area contributed by atoms with Crippen molar-refractivity contribution < 1.29 is 19.4 Å². The van der Waals surface area contributed by atoms with Gasteiger partial charge in [0.1, 0.15) is 17.6 Å². The molecule has 10 heteroatoms. The van der Waals surface area contributed by atoms with Crippen LogP contribution in [0.2, 0.25) is 0 Å². The lowest BCUT2D eigenvalue weighted by Gasteiger charge is -2.40. The molecule has 10 nitrogen and oxygen atoms in total. The summed E-state index contributed by atoms with van der Waals surface area (Å²) in [6.07, 6.45) is 6.96. The Bertz CT molecular complexity index is 1100. The van der Waals surface area contributed by atoms with Crippen molar-refractivity contribution in [3.05, 3.63) is 36.2 Å². The van der Waals surface area contributed by atoms with E-state index in [4.69, 9.17) is 9.84 Å². The molecule has 0 unspecified atom stereocenters. The maximum atomic E-state index is 11.9. The van der Waals surface area contributed by atoms with Gasteiger partial charge >= 0.3 is 0 Å². The number of hydrogen-bond donors (Lipinski definition) is 1. The van der Waals surface area contributed by atoms with Crippen molar-refractivity contribution in [1.29, 1.82) is 5.26 Å². The molecule has 2 aromatic rings. The SMILES string of the molecule is CN(C)C(=O)C1CN(c2ncc(N3CCCC3=O)cc2C#N)C1.Oc1ccc(OCC2CC2)nc1. The molecule has 1 aliphatic carbocycles. The van der Waals surface area contributed by atoms with Crippen LogP contribution in [0.1, 0.15) is 31.2 Å². The predicted molar refractivity (Wildman–Crippen MR) is 129 cm³/mol. The second-order valence-electron chi connectivity index (χ2n) is 9.27. The molecule has 0 spiro atoms. The van der Waals surface area contributed by atoms with Crippen LogP contribution in [0, 0.1) is 23.2 Å². The molecule has 3 aliphatic rings. The van der Waals surface area contributed by atoms with E-state index >= 15 is 0 Å². The highest BCUT2D eigenvalue weighted by molar-refractivity contribution is 5.95. The molecule has 0 atom stereocenters. The molecular formula is C25H30N6O4. The molecule has 0 aromatic carbocycles. The fourth-order valence-corrected chi connectivity index (χ4v) is 3.97. The number of carbonyl (C=O) groups is 2. The number of hydrogen-bond acceptors (Lipinski definition) is 8. The Morgan fingerprint density at radius 2 is 2.03 bits per heavy atom. The first kappa shape index (κ1) is 24.3. The minimum absolute atomic E-state index is 0.0434. The second kappa shape index (κ2) is 10.6. The van der Waals surface area contributed by atoms with Crippen LogP contribution in [-0.4, -0.2) is 72.1 Å². The molecule has 2 aliphatic heterocycles. The third-order valence-electron chi connectivity index (χ3n) is 6.21. The van der Waals surface area contributed by atoms with Crippen molar-refractivity contribution in [3.8, 4) is 17.7 Å². The van der Waals surface area contributed by atoms with Crippen LogP contribution in [0.25, 0.3) is 0 Å². The highest BCUT2D eigenvalue weighted by atomic mass is 16.5. The van der Waals surface area contributed by atoms with Crippen molar-refractivity contribution in [2.45, 2.75) is 25.7 Å². The van der Waals surface area contributed by atoms with Gasteiger partial charge in [-0.15, -0.1) is 0 Å². The van der Waals surface area contributed by atoms with Crippen molar-refractivity contribution in [3.63, 3.8) is 0 Å².